The second-order valence-electron chi connectivity index (χ2n) is 4.48. The van der Waals surface area contributed by atoms with Gasteiger partial charge in [-0.05, 0) is 18.2 Å². The first-order valence-electron chi connectivity index (χ1n) is 6.19. The van der Waals surface area contributed by atoms with Crippen LogP contribution in [0.3, 0.4) is 0 Å². The third-order valence-electron chi connectivity index (χ3n) is 3.06. The molecule has 0 saturated heterocycles. The number of nitrogens with two attached hydrogens (primary N) is 2. The number of nitrogen functional groups attached to an aromatic ring is 1. The van der Waals surface area contributed by atoms with Gasteiger partial charge < -0.3 is 16.2 Å². The lowest BCUT2D eigenvalue weighted by molar-refractivity contribution is 0.151. The molecule has 0 spiro atoms. The van der Waals surface area contributed by atoms with Gasteiger partial charge in [-0.1, -0.05) is 15.9 Å². The van der Waals surface area contributed by atoms with Crippen LogP contribution in [-0.4, -0.2) is 27.5 Å². The number of carbonyl (C=O) groups is 1. The number of anilines is 1. The molecular weight excluding hydrogens is 338 g/mol. The molecule has 0 atom stereocenters. The van der Waals surface area contributed by atoms with E-state index in [1.54, 1.807) is 10.9 Å². The van der Waals surface area contributed by atoms with Gasteiger partial charge in [0.05, 0.1) is 17.4 Å². The Kier molecular flexibility index (Phi) is 3.38. The number of hydrogen-bond donors (Lipinski definition) is 2. The average Bonchev–Trinajstić information content (AvgIpc) is 2.82. The van der Waals surface area contributed by atoms with Gasteiger partial charge in [0.2, 0.25) is 0 Å². The summed E-state index contributed by atoms with van der Waals surface area (Å²) in [5.74, 6) is 0.415. The van der Waals surface area contributed by atoms with Crippen LogP contribution in [0.2, 0.25) is 0 Å². The van der Waals surface area contributed by atoms with Crippen LogP contribution in [0.1, 0.15) is 0 Å². The fourth-order valence-corrected chi connectivity index (χ4v) is 2.50. The predicted molar refractivity (Wildman–Crippen MR) is 82.7 cm³/mol. The molecule has 3 aromatic rings. The first kappa shape index (κ1) is 13.6. The van der Waals surface area contributed by atoms with Gasteiger partial charge in [-0.2, -0.15) is 5.10 Å². The van der Waals surface area contributed by atoms with Gasteiger partial charge in [0.1, 0.15) is 17.9 Å². The van der Waals surface area contributed by atoms with E-state index in [-0.39, 0.29) is 6.61 Å². The van der Waals surface area contributed by atoms with E-state index in [9.17, 15) is 4.79 Å². The lowest BCUT2D eigenvalue weighted by Gasteiger charge is -2.01. The fraction of sp³-hybridized carbons (Fsp3) is 0.154. The lowest BCUT2D eigenvalue weighted by Crippen LogP contribution is -2.16. The molecule has 0 aliphatic heterocycles. The van der Waals surface area contributed by atoms with E-state index in [4.69, 9.17) is 16.2 Å². The van der Waals surface area contributed by atoms with Crippen LogP contribution in [0.25, 0.3) is 21.8 Å². The molecule has 8 heteroatoms. The minimum absolute atomic E-state index is 0.153. The van der Waals surface area contributed by atoms with Crippen molar-refractivity contribution in [1.29, 1.82) is 0 Å². The average molecular weight is 350 g/mol. The number of aromatic nitrogens is 3. The van der Waals surface area contributed by atoms with Crippen molar-refractivity contribution in [1.82, 2.24) is 14.8 Å². The zero-order valence-corrected chi connectivity index (χ0v) is 12.5. The van der Waals surface area contributed by atoms with Crippen molar-refractivity contribution in [3.8, 4) is 0 Å². The second kappa shape index (κ2) is 5.21. The summed E-state index contributed by atoms with van der Waals surface area (Å²) in [6, 6.07) is 5.75. The van der Waals surface area contributed by atoms with Crippen molar-refractivity contribution in [3.63, 3.8) is 0 Å². The molecule has 1 aromatic carbocycles. The Hall–Kier alpha value is -2.35. The minimum atomic E-state index is -0.803. The van der Waals surface area contributed by atoms with Crippen molar-refractivity contribution >= 4 is 49.6 Å². The SMILES string of the molecule is NC(=O)OCCn1cc2c(N)nc3cc(Br)ccc3c2n1. The van der Waals surface area contributed by atoms with Crippen molar-refractivity contribution in [2.45, 2.75) is 6.54 Å². The topological polar surface area (TPSA) is 109 Å². The first-order chi connectivity index (χ1) is 10.0. The number of primary amides is 1. The number of hydrogen-bond acceptors (Lipinski definition) is 5. The van der Waals surface area contributed by atoms with Crippen molar-refractivity contribution in [2.24, 2.45) is 5.73 Å². The summed E-state index contributed by atoms with van der Waals surface area (Å²) < 4.78 is 7.29. The van der Waals surface area contributed by atoms with E-state index < -0.39 is 6.09 Å². The second-order valence-corrected chi connectivity index (χ2v) is 5.40. The number of pyridine rings is 1. The van der Waals surface area contributed by atoms with E-state index >= 15 is 0 Å². The number of carbonyl (C=O) groups excluding carboxylic acids is 1. The molecule has 7 nitrogen and oxygen atoms in total. The Balaban J connectivity index is 2.05. The number of ether oxygens (including phenoxy) is 1. The normalized spacial score (nSPS) is 11.1. The summed E-state index contributed by atoms with van der Waals surface area (Å²) >= 11 is 3.41. The minimum Gasteiger partial charge on any atom is -0.448 e. The van der Waals surface area contributed by atoms with Crippen molar-refractivity contribution in [3.05, 3.63) is 28.9 Å². The van der Waals surface area contributed by atoms with Gasteiger partial charge >= 0.3 is 6.09 Å². The molecule has 0 unspecified atom stereocenters. The highest BCUT2D eigenvalue weighted by molar-refractivity contribution is 9.10. The number of amides is 1. The molecular formula is C13H12BrN5O2. The Labute approximate surface area is 128 Å². The zero-order valence-electron chi connectivity index (χ0n) is 10.9. The molecule has 0 aliphatic rings. The standard InChI is InChI=1S/C13H12BrN5O2/c14-7-1-2-8-10(5-7)17-12(15)9-6-19(18-11(8)9)3-4-21-13(16)20/h1-2,5-6H,3-4H2,(H2,15,17)(H2,16,20). The van der Waals surface area contributed by atoms with Gasteiger partial charge in [-0.3, -0.25) is 4.68 Å². The van der Waals surface area contributed by atoms with Crippen LogP contribution < -0.4 is 11.5 Å². The highest BCUT2D eigenvalue weighted by Gasteiger charge is 2.11. The summed E-state index contributed by atoms with van der Waals surface area (Å²) in [4.78, 5) is 14.9. The smallest absolute Gasteiger partial charge is 0.404 e. The van der Waals surface area contributed by atoms with E-state index in [1.807, 2.05) is 18.2 Å². The highest BCUT2D eigenvalue weighted by Crippen LogP contribution is 2.28. The van der Waals surface area contributed by atoms with Crippen molar-refractivity contribution in [2.75, 3.05) is 12.3 Å². The van der Waals surface area contributed by atoms with Crippen LogP contribution in [0.15, 0.2) is 28.9 Å². The number of benzene rings is 1. The van der Waals surface area contributed by atoms with E-state index in [2.05, 4.69) is 26.0 Å². The Morgan fingerprint density at radius 3 is 2.95 bits per heavy atom. The monoisotopic (exact) mass is 349 g/mol. The predicted octanol–water partition coefficient (Wildman–Crippen LogP) is 2.02. The van der Waals surface area contributed by atoms with Gasteiger partial charge in [0.25, 0.3) is 0 Å². The Bertz CT molecular complexity index is 845. The quantitative estimate of drug-likeness (QED) is 0.751. The molecule has 0 aliphatic carbocycles. The number of rotatable bonds is 3. The zero-order chi connectivity index (χ0) is 15.0. The summed E-state index contributed by atoms with van der Waals surface area (Å²) in [6.45, 7) is 0.551. The maximum atomic E-state index is 10.6. The molecule has 1 amide bonds. The molecule has 0 radical (unpaired) electrons. The van der Waals surface area contributed by atoms with Crippen LogP contribution in [0.4, 0.5) is 10.6 Å². The summed E-state index contributed by atoms with van der Waals surface area (Å²) in [7, 11) is 0. The van der Waals surface area contributed by atoms with Crippen LogP contribution >= 0.6 is 15.9 Å². The largest absolute Gasteiger partial charge is 0.448 e. The molecule has 3 rings (SSSR count). The third-order valence-corrected chi connectivity index (χ3v) is 3.55. The number of fused-ring (bicyclic) bond motifs is 3. The van der Waals surface area contributed by atoms with Gasteiger partial charge in [-0.15, -0.1) is 0 Å². The highest BCUT2D eigenvalue weighted by atomic mass is 79.9. The first-order valence-corrected chi connectivity index (χ1v) is 6.98. The lowest BCUT2D eigenvalue weighted by atomic mass is 10.1. The maximum Gasteiger partial charge on any atom is 0.404 e. The summed E-state index contributed by atoms with van der Waals surface area (Å²) in [5.41, 5.74) is 12.4. The molecule has 2 heterocycles. The molecule has 2 aromatic heterocycles. The van der Waals surface area contributed by atoms with Gasteiger partial charge in [0, 0.05) is 16.1 Å². The molecule has 0 saturated carbocycles. The molecule has 4 N–H and O–H groups in total. The van der Waals surface area contributed by atoms with E-state index in [0.29, 0.717) is 12.4 Å². The Morgan fingerprint density at radius 1 is 1.38 bits per heavy atom. The number of halogens is 1. The summed E-state index contributed by atoms with van der Waals surface area (Å²) in [6.07, 6.45) is 0.979. The van der Waals surface area contributed by atoms with Crippen LogP contribution in [0, 0.1) is 0 Å². The third kappa shape index (κ3) is 2.62. The van der Waals surface area contributed by atoms with E-state index in [1.165, 1.54) is 0 Å². The molecule has 21 heavy (non-hydrogen) atoms. The fourth-order valence-electron chi connectivity index (χ4n) is 2.15. The molecule has 0 bridgehead atoms. The maximum absolute atomic E-state index is 10.6. The van der Waals surface area contributed by atoms with Crippen LogP contribution in [0.5, 0.6) is 0 Å². The molecule has 0 fully saturated rings. The van der Waals surface area contributed by atoms with E-state index in [0.717, 1.165) is 26.3 Å². The molecule has 108 valence electrons. The van der Waals surface area contributed by atoms with Gasteiger partial charge in [0.15, 0.2) is 0 Å². The van der Waals surface area contributed by atoms with Crippen molar-refractivity contribution < 1.29 is 9.53 Å². The number of nitrogens with zero attached hydrogens (tertiary/aromatic N) is 3. The van der Waals surface area contributed by atoms with Gasteiger partial charge in [-0.25, -0.2) is 9.78 Å². The summed E-state index contributed by atoms with van der Waals surface area (Å²) in [5, 5.41) is 6.16. The Morgan fingerprint density at radius 2 is 2.19 bits per heavy atom. The van der Waals surface area contributed by atoms with Crippen LogP contribution in [-0.2, 0) is 11.3 Å².